The fourth-order valence-electron chi connectivity index (χ4n) is 3.65. The molecule has 0 radical (unpaired) electrons. The lowest BCUT2D eigenvalue weighted by Gasteiger charge is -2.27. The van der Waals surface area contributed by atoms with Crippen molar-refractivity contribution in [2.24, 2.45) is 0 Å². The van der Waals surface area contributed by atoms with Crippen LogP contribution in [0.4, 0.5) is 0 Å². The summed E-state index contributed by atoms with van der Waals surface area (Å²) in [6.45, 7) is 3.76. The van der Waals surface area contributed by atoms with Gasteiger partial charge < -0.3 is 14.8 Å². The lowest BCUT2D eigenvalue weighted by atomic mass is 10.3. The normalized spacial score (nSPS) is 19.1. The van der Waals surface area contributed by atoms with Crippen LogP contribution in [0.25, 0.3) is 0 Å². The predicted octanol–water partition coefficient (Wildman–Crippen LogP) is 1.29. The van der Waals surface area contributed by atoms with E-state index in [4.69, 9.17) is 5.10 Å². The van der Waals surface area contributed by atoms with Crippen LogP contribution < -0.4 is 5.32 Å². The molecule has 1 N–H and O–H groups in total. The van der Waals surface area contributed by atoms with Crippen LogP contribution >= 0.6 is 0 Å². The molecular formula is C17H24N6O. The Morgan fingerprint density at radius 1 is 1.21 bits per heavy atom. The number of imidazole rings is 1. The number of rotatable bonds is 4. The molecule has 1 aliphatic carbocycles. The fraction of sp³-hybridized carbons (Fsp3) is 0.588. The Labute approximate surface area is 141 Å². The molecule has 1 aliphatic heterocycles. The van der Waals surface area contributed by atoms with E-state index in [0.717, 1.165) is 31.9 Å². The zero-order valence-electron chi connectivity index (χ0n) is 13.9. The summed E-state index contributed by atoms with van der Waals surface area (Å²) < 4.78 is 4.00. The van der Waals surface area contributed by atoms with Gasteiger partial charge in [-0.05, 0) is 18.9 Å². The zero-order valence-corrected chi connectivity index (χ0v) is 13.9. The van der Waals surface area contributed by atoms with Crippen LogP contribution in [0, 0.1) is 0 Å². The molecule has 0 spiro atoms. The van der Waals surface area contributed by atoms with E-state index in [2.05, 4.69) is 27.2 Å². The summed E-state index contributed by atoms with van der Waals surface area (Å²) in [6, 6.07) is 2.60. The van der Waals surface area contributed by atoms with Gasteiger partial charge in [-0.25, -0.2) is 4.98 Å². The lowest BCUT2D eigenvalue weighted by Crippen LogP contribution is -2.47. The molecule has 1 saturated carbocycles. The Morgan fingerprint density at radius 3 is 2.79 bits per heavy atom. The van der Waals surface area contributed by atoms with Crippen LogP contribution in [0.2, 0.25) is 0 Å². The number of hydrogen-bond donors (Lipinski definition) is 1. The summed E-state index contributed by atoms with van der Waals surface area (Å²) in [5.41, 5.74) is 0.981. The number of piperazine rings is 1. The Balaban J connectivity index is 1.47. The monoisotopic (exact) mass is 328 g/mol. The first-order valence-corrected chi connectivity index (χ1v) is 8.86. The summed E-state index contributed by atoms with van der Waals surface area (Å²) in [6.07, 6.45) is 10.7. The summed E-state index contributed by atoms with van der Waals surface area (Å²) in [7, 11) is 0. The van der Waals surface area contributed by atoms with Gasteiger partial charge in [0.1, 0.15) is 0 Å². The Morgan fingerprint density at radius 2 is 2.00 bits per heavy atom. The highest BCUT2D eigenvalue weighted by Crippen LogP contribution is 2.28. The molecule has 0 bridgehead atoms. The molecule has 7 heteroatoms. The highest BCUT2D eigenvalue weighted by molar-refractivity contribution is 5.91. The number of hydrogen-bond acceptors (Lipinski definition) is 4. The molecule has 7 nitrogen and oxygen atoms in total. The molecule has 2 aromatic rings. The van der Waals surface area contributed by atoms with E-state index < -0.39 is 0 Å². The van der Waals surface area contributed by atoms with Crippen molar-refractivity contribution in [1.82, 2.24) is 29.5 Å². The highest BCUT2D eigenvalue weighted by Gasteiger charge is 2.23. The molecular weight excluding hydrogens is 304 g/mol. The molecule has 0 unspecified atom stereocenters. The third kappa shape index (κ3) is 3.08. The number of amides is 1. The van der Waals surface area contributed by atoms with Crippen LogP contribution in [0.5, 0.6) is 0 Å². The number of nitrogens with zero attached hydrogens (tertiary/aromatic N) is 5. The molecule has 2 aliphatic rings. The third-order valence-electron chi connectivity index (χ3n) is 5.01. The van der Waals surface area contributed by atoms with Gasteiger partial charge in [0, 0.05) is 44.8 Å². The van der Waals surface area contributed by atoms with Crippen molar-refractivity contribution >= 4 is 5.91 Å². The van der Waals surface area contributed by atoms with Crippen molar-refractivity contribution in [3.63, 3.8) is 0 Å². The first kappa shape index (κ1) is 15.4. The van der Waals surface area contributed by atoms with Gasteiger partial charge in [0.15, 0.2) is 5.82 Å². The van der Waals surface area contributed by atoms with Crippen molar-refractivity contribution in [2.45, 2.75) is 38.3 Å². The van der Waals surface area contributed by atoms with Crippen molar-refractivity contribution < 1.29 is 4.79 Å². The molecule has 3 heterocycles. The summed E-state index contributed by atoms with van der Waals surface area (Å²) in [5, 5.41) is 7.98. The molecule has 0 aromatic carbocycles. The van der Waals surface area contributed by atoms with Gasteiger partial charge in [0.25, 0.3) is 5.91 Å². The quantitative estimate of drug-likeness (QED) is 0.918. The van der Waals surface area contributed by atoms with Gasteiger partial charge in [0.05, 0.1) is 18.3 Å². The van der Waals surface area contributed by atoms with Gasteiger partial charge >= 0.3 is 0 Å². The molecule has 1 amide bonds. The smallest absolute Gasteiger partial charge is 0.289 e. The average molecular weight is 328 g/mol. The van der Waals surface area contributed by atoms with Crippen molar-refractivity contribution in [2.75, 3.05) is 26.2 Å². The first-order valence-electron chi connectivity index (χ1n) is 8.86. The summed E-state index contributed by atoms with van der Waals surface area (Å²) in [4.78, 5) is 18.8. The minimum atomic E-state index is 0.0109. The summed E-state index contributed by atoms with van der Waals surface area (Å²) in [5.74, 6) is 0.518. The Hall–Kier alpha value is -2.15. The molecule has 128 valence electrons. The second-order valence-electron chi connectivity index (χ2n) is 6.65. The maximum absolute atomic E-state index is 12.7. The van der Waals surface area contributed by atoms with Crippen LogP contribution in [0.1, 0.15) is 48.0 Å². The zero-order chi connectivity index (χ0) is 16.4. The minimum absolute atomic E-state index is 0.0109. The molecule has 24 heavy (non-hydrogen) atoms. The van der Waals surface area contributed by atoms with E-state index in [1.165, 1.54) is 25.7 Å². The molecule has 2 fully saturated rings. The Bertz CT molecular complexity index is 694. The second kappa shape index (κ2) is 6.76. The fourth-order valence-corrected chi connectivity index (χ4v) is 3.65. The van der Waals surface area contributed by atoms with Gasteiger partial charge in [-0.2, -0.15) is 5.10 Å². The second-order valence-corrected chi connectivity index (χ2v) is 6.65. The highest BCUT2D eigenvalue weighted by atomic mass is 16.2. The number of nitrogens with one attached hydrogen (secondary N) is 1. The van der Waals surface area contributed by atoms with Crippen LogP contribution in [-0.2, 0) is 6.54 Å². The molecule has 4 rings (SSSR count). The average Bonchev–Trinajstić information content (AvgIpc) is 3.37. The van der Waals surface area contributed by atoms with Crippen LogP contribution in [0.15, 0.2) is 24.7 Å². The van der Waals surface area contributed by atoms with E-state index in [-0.39, 0.29) is 5.91 Å². The van der Waals surface area contributed by atoms with Gasteiger partial charge in [-0.15, -0.1) is 0 Å². The van der Waals surface area contributed by atoms with Gasteiger partial charge in [-0.3, -0.25) is 9.48 Å². The van der Waals surface area contributed by atoms with Crippen molar-refractivity contribution in [3.8, 4) is 0 Å². The number of aromatic nitrogens is 4. The van der Waals surface area contributed by atoms with E-state index in [1.54, 1.807) is 6.20 Å². The van der Waals surface area contributed by atoms with Crippen molar-refractivity contribution in [3.05, 3.63) is 36.2 Å². The van der Waals surface area contributed by atoms with Gasteiger partial charge in [0.2, 0.25) is 0 Å². The maximum atomic E-state index is 12.7. The SMILES string of the molecule is O=C(c1nccn1Cc1ccn(C2CCCC2)n1)N1CCNCC1. The molecule has 1 saturated heterocycles. The largest absolute Gasteiger partial charge is 0.333 e. The first-order chi connectivity index (χ1) is 11.8. The van der Waals surface area contributed by atoms with E-state index in [0.29, 0.717) is 18.4 Å². The number of carbonyl (C=O) groups excluding carboxylic acids is 1. The van der Waals surface area contributed by atoms with Gasteiger partial charge in [-0.1, -0.05) is 12.8 Å². The number of carbonyl (C=O) groups is 1. The topological polar surface area (TPSA) is 68.0 Å². The minimum Gasteiger partial charge on any atom is -0.333 e. The summed E-state index contributed by atoms with van der Waals surface area (Å²) >= 11 is 0. The Kier molecular flexibility index (Phi) is 4.34. The molecule has 2 aromatic heterocycles. The maximum Gasteiger partial charge on any atom is 0.289 e. The van der Waals surface area contributed by atoms with E-state index in [1.807, 2.05) is 15.7 Å². The lowest BCUT2D eigenvalue weighted by molar-refractivity contribution is 0.0719. The van der Waals surface area contributed by atoms with Crippen LogP contribution in [-0.4, -0.2) is 56.3 Å². The standard InChI is InChI=1S/C17H24N6O/c24-17(21-10-6-18-7-11-21)16-19-8-12-22(16)13-14-5-9-23(20-14)15-3-1-2-4-15/h5,8-9,12,15,18H,1-4,6-7,10-11,13H2. The third-order valence-corrected chi connectivity index (χ3v) is 5.01. The molecule has 0 atom stereocenters. The predicted molar refractivity (Wildman–Crippen MR) is 89.8 cm³/mol. The van der Waals surface area contributed by atoms with E-state index in [9.17, 15) is 4.79 Å². The van der Waals surface area contributed by atoms with Crippen molar-refractivity contribution in [1.29, 1.82) is 0 Å². The van der Waals surface area contributed by atoms with E-state index >= 15 is 0 Å². The van der Waals surface area contributed by atoms with Crippen LogP contribution in [0.3, 0.4) is 0 Å².